The predicted molar refractivity (Wildman–Crippen MR) is 141 cm³/mol. The smallest absolute Gasteiger partial charge is 0.344 e. The Morgan fingerprint density at radius 1 is 0.818 bits per heavy atom. The second kappa shape index (κ2) is 16.7. The topological polar surface area (TPSA) is 75.6 Å². The van der Waals surface area contributed by atoms with Gasteiger partial charge in [0.05, 0.1) is 5.56 Å². The molecule has 0 saturated carbocycles. The molecule has 0 bridgehead atoms. The Morgan fingerprint density at radius 2 is 1.27 bits per heavy atom. The maximum absolute atomic E-state index is 11.9. The summed E-state index contributed by atoms with van der Waals surface area (Å²) in [6.07, 6.45) is 15.1. The zero-order valence-electron chi connectivity index (χ0n) is 21.5. The van der Waals surface area contributed by atoms with Crippen LogP contribution in [0.1, 0.15) is 94.3 Å². The van der Waals surface area contributed by atoms with Crippen LogP contribution in [0, 0.1) is 0 Å². The fourth-order valence-corrected chi connectivity index (χ4v) is 5.09. The van der Waals surface area contributed by atoms with Gasteiger partial charge in [0.15, 0.2) is 6.10 Å². The van der Waals surface area contributed by atoms with Crippen molar-refractivity contribution in [3.63, 3.8) is 0 Å². The first-order valence-electron chi connectivity index (χ1n) is 13.0. The molecule has 0 spiro atoms. The SMILES string of the molecule is CC(OC(=O)c1ccc(NCCCCCCCCCCCCCC[Si](C)(C)C)cc1)C(=O)O. The van der Waals surface area contributed by atoms with E-state index in [1.54, 1.807) is 12.1 Å². The third-order valence-corrected chi connectivity index (χ3v) is 7.79. The van der Waals surface area contributed by atoms with Crippen molar-refractivity contribution in [3.05, 3.63) is 29.8 Å². The lowest BCUT2D eigenvalue weighted by atomic mass is 10.1. The van der Waals surface area contributed by atoms with Crippen molar-refractivity contribution < 1.29 is 19.4 Å². The lowest BCUT2D eigenvalue weighted by molar-refractivity contribution is -0.146. The van der Waals surface area contributed by atoms with Crippen LogP contribution in [0.15, 0.2) is 24.3 Å². The van der Waals surface area contributed by atoms with Crippen LogP contribution < -0.4 is 5.32 Å². The average Bonchev–Trinajstić information content (AvgIpc) is 2.75. The van der Waals surface area contributed by atoms with Crippen LogP contribution in [0.25, 0.3) is 0 Å². The number of esters is 1. The monoisotopic (exact) mass is 477 g/mol. The number of carbonyl (C=O) groups is 2. The number of carbonyl (C=O) groups excluding carboxylic acids is 1. The Hall–Kier alpha value is -1.82. The molecule has 33 heavy (non-hydrogen) atoms. The van der Waals surface area contributed by atoms with Crippen LogP contribution in [-0.2, 0) is 9.53 Å². The van der Waals surface area contributed by atoms with Crippen LogP contribution in [0.4, 0.5) is 5.69 Å². The molecule has 2 N–H and O–H groups in total. The summed E-state index contributed by atoms with van der Waals surface area (Å²) >= 11 is 0. The van der Waals surface area contributed by atoms with E-state index in [2.05, 4.69) is 25.0 Å². The number of nitrogens with one attached hydrogen (secondary N) is 1. The molecule has 0 aliphatic heterocycles. The van der Waals surface area contributed by atoms with E-state index < -0.39 is 26.1 Å². The van der Waals surface area contributed by atoms with Gasteiger partial charge in [0, 0.05) is 20.3 Å². The van der Waals surface area contributed by atoms with E-state index in [4.69, 9.17) is 9.84 Å². The van der Waals surface area contributed by atoms with Gasteiger partial charge in [-0.2, -0.15) is 0 Å². The Bertz CT molecular complexity index is 670. The largest absolute Gasteiger partial charge is 0.479 e. The van der Waals surface area contributed by atoms with E-state index in [1.807, 2.05) is 12.1 Å². The summed E-state index contributed by atoms with van der Waals surface area (Å²) in [5.74, 6) is -1.77. The lowest BCUT2D eigenvalue weighted by Gasteiger charge is -2.14. The normalized spacial score (nSPS) is 12.4. The van der Waals surface area contributed by atoms with E-state index in [1.165, 1.54) is 83.6 Å². The first kappa shape index (κ1) is 29.2. The molecular formula is C27H47NO4Si. The number of aliphatic carboxylic acids is 1. The molecule has 1 unspecified atom stereocenters. The van der Waals surface area contributed by atoms with Crippen LogP contribution in [-0.4, -0.2) is 37.8 Å². The Labute approximate surface area is 202 Å². The number of carboxylic acid groups (broad SMARTS) is 1. The minimum Gasteiger partial charge on any atom is -0.479 e. The zero-order valence-corrected chi connectivity index (χ0v) is 22.5. The maximum Gasteiger partial charge on any atom is 0.344 e. The lowest BCUT2D eigenvalue weighted by Crippen LogP contribution is -2.23. The number of unbranched alkanes of at least 4 members (excludes halogenated alkanes) is 11. The van der Waals surface area contributed by atoms with Crippen molar-refractivity contribution in [3.8, 4) is 0 Å². The summed E-state index contributed by atoms with van der Waals surface area (Å²) in [5.41, 5.74) is 1.31. The third kappa shape index (κ3) is 15.6. The molecule has 188 valence electrons. The fourth-order valence-electron chi connectivity index (χ4n) is 3.78. The minimum absolute atomic E-state index is 0.357. The second-order valence-corrected chi connectivity index (χ2v) is 16.1. The summed E-state index contributed by atoms with van der Waals surface area (Å²) in [4.78, 5) is 22.7. The van der Waals surface area contributed by atoms with Crippen LogP contribution in [0.3, 0.4) is 0 Å². The molecule has 0 amide bonds. The Morgan fingerprint density at radius 3 is 1.73 bits per heavy atom. The number of hydrogen-bond donors (Lipinski definition) is 2. The number of hydrogen-bond acceptors (Lipinski definition) is 4. The van der Waals surface area contributed by atoms with Gasteiger partial charge in [0.25, 0.3) is 0 Å². The van der Waals surface area contributed by atoms with Crippen molar-refractivity contribution in [2.75, 3.05) is 11.9 Å². The summed E-state index contributed by atoms with van der Waals surface area (Å²) in [6.45, 7) is 9.67. The molecule has 1 aromatic rings. The molecule has 5 nitrogen and oxygen atoms in total. The number of benzene rings is 1. The average molecular weight is 478 g/mol. The van der Waals surface area contributed by atoms with Gasteiger partial charge in [0.1, 0.15) is 0 Å². The molecular weight excluding hydrogens is 430 g/mol. The maximum atomic E-state index is 11.9. The minimum atomic E-state index is -1.15. The van der Waals surface area contributed by atoms with E-state index in [0.717, 1.165) is 18.7 Å². The quantitative estimate of drug-likeness (QED) is 0.121. The molecule has 1 atom stereocenters. The van der Waals surface area contributed by atoms with Crippen molar-refractivity contribution in [2.24, 2.45) is 0 Å². The second-order valence-electron chi connectivity index (χ2n) is 10.4. The molecule has 1 rings (SSSR count). The number of ether oxygens (including phenoxy) is 1. The van der Waals surface area contributed by atoms with Crippen molar-refractivity contribution in [2.45, 2.75) is 116 Å². The molecule has 6 heteroatoms. The van der Waals surface area contributed by atoms with Gasteiger partial charge >= 0.3 is 11.9 Å². The van der Waals surface area contributed by atoms with E-state index >= 15 is 0 Å². The van der Waals surface area contributed by atoms with Gasteiger partial charge in [-0.05, 0) is 37.6 Å². The molecule has 0 aromatic heterocycles. The number of rotatable bonds is 19. The van der Waals surface area contributed by atoms with E-state index in [9.17, 15) is 9.59 Å². The molecule has 1 aromatic carbocycles. The van der Waals surface area contributed by atoms with Gasteiger partial charge in [-0.1, -0.05) is 96.3 Å². The molecule has 0 aliphatic rings. The van der Waals surface area contributed by atoms with E-state index in [0.29, 0.717) is 5.56 Å². The Balaban J connectivity index is 1.95. The number of carboxylic acids is 1. The highest BCUT2D eigenvalue weighted by Gasteiger charge is 2.17. The molecule has 0 saturated heterocycles. The summed E-state index contributed by atoms with van der Waals surface area (Å²) in [6, 6.07) is 8.46. The molecule has 0 fully saturated rings. The van der Waals surface area contributed by atoms with Gasteiger partial charge in [-0.15, -0.1) is 0 Å². The first-order valence-corrected chi connectivity index (χ1v) is 16.7. The van der Waals surface area contributed by atoms with Crippen LogP contribution >= 0.6 is 0 Å². The summed E-state index contributed by atoms with van der Waals surface area (Å²) in [7, 11) is -0.825. The Kier molecular flexibility index (Phi) is 14.8. The highest BCUT2D eigenvalue weighted by atomic mass is 28.3. The fraction of sp³-hybridized carbons (Fsp3) is 0.704. The van der Waals surface area contributed by atoms with Gasteiger partial charge in [0.2, 0.25) is 0 Å². The van der Waals surface area contributed by atoms with Crippen molar-refractivity contribution in [1.29, 1.82) is 0 Å². The van der Waals surface area contributed by atoms with Crippen molar-refractivity contribution >= 4 is 25.7 Å². The highest BCUT2D eigenvalue weighted by molar-refractivity contribution is 6.76. The zero-order chi connectivity index (χ0) is 24.5. The van der Waals surface area contributed by atoms with Crippen molar-refractivity contribution in [1.82, 2.24) is 0 Å². The molecule has 0 heterocycles. The highest BCUT2D eigenvalue weighted by Crippen LogP contribution is 2.17. The number of anilines is 1. The van der Waals surface area contributed by atoms with Crippen LogP contribution in [0.2, 0.25) is 25.7 Å². The van der Waals surface area contributed by atoms with Crippen LogP contribution in [0.5, 0.6) is 0 Å². The third-order valence-electron chi connectivity index (χ3n) is 5.93. The summed E-state index contributed by atoms with van der Waals surface area (Å²) in [5, 5.41) is 12.2. The van der Waals surface area contributed by atoms with Gasteiger partial charge in [-0.25, -0.2) is 9.59 Å². The molecule has 0 aliphatic carbocycles. The van der Waals surface area contributed by atoms with E-state index in [-0.39, 0.29) is 0 Å². The first-order chi connectivity index (χ1) is 15.7. The molecule has 0 radical (unpaired) electrons. The van der Waals surface area contributed by atoms with Gasteiger partial charge in [-0.3, -0.25) is 0 Å². The standard InChI is InChI=1S/C27H47NO4Si/c1-23(26(29)30)32-27(31)24-17-19-25(20-18-24)28-21-15-13-11-9-7-5-6-8-10-12-14-16-22-33(2,3)4/h17-20,23,28H,5-16,21-22H2,1-4H3,(H,29,30). The summed E-state index contributed by atoms with van der Waals surface area (Å²) < 4.78 is 4.88. The predicted octanol–water partition coefficient (Wildman–Crippen LogP) is 7.75. The van der Waals surface area contributed by atoms with Gasteiger partial charge < -0.3 is 15.2 Å².